The highest BCUT2D eigenvalue weighted by atomic mass is 19.4. The van der Waals surface area contributed by atoms with Gasteiger partial charge < -0.3 is 4.98 Å². The molecule has 0 saturated carbocycles. The van der Waals surface area contributed by atoms with Gasteiger partial charge in [0.05, 0.1) is 11.3 Å². The predicted molar refractivity (Wildman–Crippen MR) is 92.1 cm³/mol. The summed E-state index contributed by atoms with van der Waals surface area (Å²) in [6, 6.07) is 5.00. The quantitative estimate of drug-likeness (QED) is 0.761. The van der Waals surface area contributed by atoms with E-state index in [0.29, 0.717) is 34.7 Å². The van der Waals surface area contributed by atoms with Gasteiger partial charge in [-0.1, -0.05) is 26.0 Å². The Morgan fingerprint density at radius 1 is 1.23 bits per heavy atom. The Labute approximate surface area is 147 Å². The monoisotopic (exact) mass is 364 g/mol. The third-order valence-corrected chi connectivity index (χ3v) is 4.33. The number of benzene rings is 1. The molecule has 0 amide bonds. The zero-order valence-corrected chi connectivity index (χ0v) is 14.7. The van der Waals surface area contributed by atoms with Gasteiger partial charge in [-0.3, -0.25) is 9.48 Å². The molecular formula is C18H19F3N4O. The van der Waals surface area contributed by atoms with Crippen LogP contribution in [-0.2, 0) is 12.7 Å². The molecule has 5 nitrogen and oxygen atoms in total. The number of H-pyrrole nitrogens is 1. The lowest BCUT2D eigenvalue weighted by Crippen LogP contribution is -2.14. The molecular weight excluding hydrogens is 345 g/mol. The fraction of sp³-hybridized carbons (Fsp3) is 0.389. The lowest BCUT2D eigenvalue weighted by Gasteiger charge is -2.12. The van der Waals surface area contributed by atoms with Crippen molar-refractivity contribution in [2.24, 2.45) is 0 Å². The summed E-state index contributed by atoms with van der Waals surface area (Å²) >= 11 is 0. The standard InChI is InChI=1S/C18H19F3N4O/c1-4-9-25-16-15(22-11(3)23-17(16)26)14(24-25)10(2)12-5-7-13(8-6-12)18(19,20)21/h5-8,10H,4,9H2,1-3H3,(H,22,23,26)/t10-/m1/s1. The normalized spacial score (nSPS) is 13.3. The maximum Gasteiger partial charge on any atom is 0.416 e. The van der Waals surface area contributed by atoms with Gasteiger partial charge in [0.2, 0.25) is 0 Å². The minimum Gasteiger partial charge on any atom is -0.309 e. The molecule has 0 aliphatic carbocycles. The van der Waals surface area contributed by atoms with Crippen molar-refractivity contribution in [1.82, 2.24) is 19.7 Å². The van der Waals surface area contributed by atoms with Crippen molar-refractivity contribution in [3.05, 3.63) is 57.3 Å². The number of rotatable bonds is 4. The van der Waals surface area contributed by atoms with E-state index in [-0.39, 0.29) is 11.5 Å². The van der Waals surface area contributed by atoms with Crippen molar-refractivity contribution >= 4 is 11.0 Å². The first kappa shape index (κ1) is 18.2. The van der Waals surface area contributed by atoms with Crippen LogP contribution in [0.3, 0.4) is 0 Å². The summed E-state index contributed by atoms with van der Waals surface area (Å²) in [6.07, 6.45) is -3.58. The maximum atomic E-state index is 12.8. The molecule has 0 aliphatic rings. The lowest BCUT2D eigenvalue weighted by molar-refractivity contribution is -0.137. The van der Waals surface area contributed by atoms with Crippen LogP contribution >= 0.6 is 0 Å². The van der Waals surface area contributed by atoms with Gasteiger partial charge in [-0.2, -0.15) is 18.3 Å². The zero-order valence-electron chi connectivity index (χ0n) is 14.7. The summed E-state index contributed by atoms with van der Waals surface area (Å²) in [5.41, 5.74) is 1.20. The number of hydrogen-bond donors (Lipinski definition) is 1. The molecule has 1 atom stereocenters. The second kappa shape index (κ2) is 6.59. The van der Waals surface area contributed by atoms with Crippen LogP contribution in [0.4, 0.5) is 13.2 Å². The smallest absolute Gasteiger partial charge is 0.309 e. The van der Waals surface area contributed by atoms with Gasteiger partial charge in [-0.25, -0.2) is 4.98 Å². The topological polar surface area (TPSA) is 63.6 Å². The summed E-state index contributed by atoms with van der Waals surface area (Å²) in [6.45, 7) is 6.07. The first-order valence-electron chi connectivity index (χ1n) is 8.36. The Kier molecular flexibility index (Phi) is 4.60. The van der Waals surface area contributed by atoms with Crippen LogP contribution in [0, 0.1) is 6.92 Å². The molecule has 0 bridgehead atoms. The van der Waals surface area contributed by atoms with Crippen LogP contribution < -0.4 is 5.56 Å². The van der Waals surface area contributed by atoms with Crippen molar-refractivity contribution in [1.29, 1.82) is 0 Å². The van der Waals surface area contributed by atoms with Crippen molar-refractivity contribution in [2.45, 2.75) is 45.8 Å². The summed E-state index contributed by atoms with van der Waals surface area (Å²) in [5, 5.41) is 4.54. The Balaban J connectivity index is 2.11. The molecule has 0 spiro atoms. The van der Waals surface area contributed by atoms with E-state index in [0.717, 1.165) is 18.6 Å². The molecule has 26 heavy (non-hydrogen) atoms. The average Bonchev–Trinajstić information content (AvgIpc) is 2.92. The highest BCUT2D eigenvalue weighted by Crippen LogP contribution is 2.32. The molecule has 2 heterocycles. The number of nitrogens with one attached hydrogen (secondary N) is 1. The largest absolute Gasteiger partial charge is 0.416 e. The van der Waals surface area contributed by atoms with Gasteiger partial charge in [0.15, 0.2) is 5.52 Å². The van der Waals surface area contributed by atoms with Crippen molar-refractivity contribution < 1.29 is 13.2 Å². The van der Waals surface area contributed by atoms with E-state index in [1.807, 2.05) is 13.8 Å². The molecule has 8 heteroatoms. The van der Waals surface area contributed by atoms with E-state index in [2.05, 4.69) is 15.1 Å². The minimum atomic E-state index is -4.37. The molecule has 0 saturated heterocycles. The molecule has 3 aromatic rings. The fourth-order valence-electron chi connectivity index (χ4n) is 3.01. The highest BCUT2D eigenvalue weighted by molar-refractivity contribution is 5.77. The van der Waals surface area contributed by atoms with E-state index in [4.69, 9.17) is 0 Å². The molecule has 0 aliphatic heterocycles. The SMILES string of the molecule is CCCn1nc([C@H](C)c2ccc(C(F)(F)F)cc2)c2nc(C)[nH]c(=O)c21. The second-order valence-corrected chi connectivity index (χ2v) is 6.30. The van der Waals surface area contributed by atoms with E-state index < -0.39 is 11.7 Å². The predicted octanol–water partition coefficient (Wildman–Crippen LogP) is 4.01. The summed E-state index contributed by atoms with van der Waals surface area (Å²) < 4.78 is 39.9. The van der Waals surface area contributed by atoms with Crippen LogP contribution in [0.5, 0.6) is 0 Å². The molecule has 0 radical (unpaired) electrons. The van der Waals surface area contributed by atoms with E-state index in [1.54, 1.807) is 11.6 Å². The minimum absolute atomic E-state index is 0.265. The van der Waals surface area contributed by atoms with E-state index >= 15 is 0 Å². The molecule has 0 unspecified atom stereocenters. The van der Waals surface area contributed by atoms with E-state index in [9.17, 15) is 18.0 Å². The second-order valence-electron chi connectivity index (χ2n) is 6.30. The average molecular weight is 364 g/mol. The molecule has 2 aromatic heterocycles. The molecule has 3 rings (SSSR count). The third-order valence-electron chi connectivity index (χ3n) is 4.33. The van der Waals surface area contributed by atoms with E-state index in [1.165, 1.54) is 12.1 Å². The van der Waals surface area contributed by atoms with Crippen molar-refractivity contribution in [3.63, 3.8) is 0 Å². The van der Waals surface area contributed by atoms with Crippen LogP contribution in [0.1, 0.15) is 48.8 Å². The summed E-state index contributed by atoms with van der Waals surface area (Å²) in [7, 11) is 0. The Bertz CT molecular complexity index is 987. The number of hydrogen-bond acceptors (Lipinski definition) is 3. The Morgan fingerprint density at radius 3 is 2.46 bits per heavy atom. The number of alkyl halides is 3. The summed E-state index contributed by atoms with van der Waals surface area (Å²) in [4.78, 5) is 19.4. The summed E-state index contributed by atoms with van der Waals surface area (Å²) in [5.74, 6) is 0.172. The molecule has 1 aromatic carbocycles. The highest BCUT2D eigenvalue weighted by Gasteiger charge is 2.30. The van der Waals surface area contributed by atoms with Gasteiger partial charge in [0, 0.05) is 12.5 Å². The van der Waals surface area contributed by atoms with Crippen LogP contribution in [0.25, 0.3) is 11.0 Å². The Hall–Kier alpha value is -2.64. The van der Waals surface area contributed by atoms with Crippen LogP contribution in [-0.4, -0.2) is 19.7 Å². The zero-order chi connectivity index (χ0) is 19.1. The first-order chi connectivity index (χ1) is 12.2. The number of aromatic nitrogens is 4. The number of fused-ring (bicyclic) bond motifs is 1. The van der Waals surface area contributed by atoms with Gasteiger partial charge in [-0.15, -0.1) is 0 Å². The molecule has 0 fully saturated rings. The number of halogens is 3. The lowest BCUT2D eigenvalue weighted by atomic mass is 9.96. The molecule has 138 valence electrons. The van der Waals surface area contributed by atoms with Gasteiger partial charge in [-0.05, 0) is 31.0 Å². The van der Waals surface area contributed by atoms with Crippen LogP contribution in [0.2, 0.25) is 0 Å². The van der Waals surface area contributed by atoms with Gasteiger partial charge in [0.25, 0.3) is 5.56 Å². The third kappa shape index (κ3) is 3.23. The van der Waals surface area contributed by atoms with Crippen molar-refractivity contribution in [3.8, 4) is 0 Å². The van der Waals surface area contributed by atoms with Crippen molar-refractivity contribution in [2.75, 3.05) is 0 Å². The Morgan fingerprint density at radius 2 is 1.88 bits per heavy atom. The van der Waals surface area contributed by atoms with Crippen LogP contribution in [0.15, 0.2) is 29.1 Å². The number of aryl methyl sites for hydroxylation is 2. The number of nitrogens with zero attached hydrogens (tertiary/aromatic N) is 3. The van der Waals surface area contributed by atoms with Gasteiger partial charge in [0.1, 0.15) is 11.3 Å². The first-order valence-corrected chi connectivity index (χ1v) is 8.36. The van der Waals surface area contributed by atoms with Gasteiger partial charge >= 0.3 is 6.18 Å². The fourth-order valence-corrected chi connectivity index (χ4v) is 3.01. The number of aromatic amines is 1. The molecule has 1 N–H and O–H groups in total. The maximum absolute atomic E-state index is 12.8.